The summed E-state index contributed by atoms with van der Waals surface area (Å²) in [5, 5.41) is 5.34. The Bertz CT molecular complexity index is 580. The molecule has 1 aromatic carbocycles. The van der Waals surface area contributed by atoms with Gasteiger partial charge < -0.3 is 15.5 Å². The summed E-state index contributed by atoms with van der Waals surface area (Å²) in [4.78, 5) is 25.2. The molecule has 0 radical (unpaired) electrons. The Labute approximate surface area is 119 Å². The molecule has 1 aliphatic heterocycles. The van der Waals surface area contributed by atoms with E-state index in [1.807, 2.05) is 0 Å². The molecule has 21 heavy (non-hydrogen) atoms. The zero-order chi connectivity index (χ0) is 15.6. The third kappa shape index (κ3) is 2.85. The fraction of sp³-hybridized carbons (Fsp3) is 0.385. The first-order chi connectivity index (χ1) is 9.97. The Morgan fingerprint density at radius 3 is 2.67 bits per heavy atom. The van der Waals surface area contributed by atoms with Gasteiger partial charge in [0.15, 0.2) is 17.5 Å². The number of hydrogen-bond donors (Lipinski definition) is 2. The van der Waals surface area contributed by atoms with E-state index < -0.39 is 40.9 Å². The van der Waals surface area contributed by atoms with Gasteiger partial charge in [0, 0.05) is 26.7 Å². The molecule has 1 heterocycles. The van der Waals surface area contributed by atoms with Crippen LogP contribution in [0.5, 0.6) is 0 Å². The molecule has 1 fully saturated rings. The van der Waals surface area contributed by atoms with Gasteiger partial charge in [0.2, 0.25) is 5.91 Å². The lowest BCUT2D eigenvalue weighted by atomic mass is 10.1. The number of amides is 2. The minimum Gasteiger partial charge on any atom is -0.357 e. The van der Waals surface area contributed by atoms with E-state index in [9.17, 15) is 22.8 Å². The van der Waals surface area contributed by atoms with Gasteiger partial charge in [-0.2, -0.15) is 0 Å². The topological polar surface area (TPSA) is 61.4 Å². The van der Waals surface area contributed by atoms with Crippen molar-refractivity contribution in [3.8, 4) is 0 Å². The van der Waals surface area contributed by atoms with Gasteiger partial charge >= 0.3 is 0 Å². The molecule has 1 aromatic rings. The van der Waals surface area contributed by atoms with Gasteiger partial charge in [-0.15, -0.1) is 0 Å². The minimum atomic E-state index is -1.70. The van der Waals surface area contributed by atoms with Crippen LogP contribution in [0.25, 0.3) is 0 Å². The van der Waals surface area contributed by atoms with Gasteiger partial charge in [0.05, 0.1) is 5.56 Å². The lowest BCUT2D eigenvalue weighted by Gasteiger charge is -2.35. The minimum absolute atomic E-state index is 0.162. The summed E-state index contributed by atoms with van der Waals surface area (Å²) in [6.45, 7) is 0.788. The largest absolute Gasteiger partial charge is 0.357 e. The quantitative estimate of drug-likeness (QED) is 0.771. The van der Waals surface area contributed by atoms with E-state index in [0.29, 0.717) is 12.6 Å². The highest BCUT2D eigenvalue weighted by atomic mass is 19.2. The summed E-state index contributed by atoms with van der Waals surface area (Å²) in [6.07, 6.45) is 0. The Morgan fingerprint density at radius 1 is 1.29 bits per heavy atom. The predicted octanol–water partition coefficient (Wildman–Crippen LogP) is 0.264. The number of nitrogens with one attached hydrogen (secondary N) is 2. The monoisotopic (exact) mass is 301 g/mol. The fourth-order valence-electron chi connectivity index (χ4n) is 2.19. The van der Waals surface area contributed by atoms with E-state index in [0.717, 1.165) is 11.0 Å². The molecule has 0 aromatic heterocycles. The number of likely N-dealkylation sites (N-methyl/N-ethyl adjacent to an activating group) is 1. The Morgan fingerprint density at radius 2 is 2.00 bits per heavy atom. The molecule has 5 nitrogen and oxygen atoms in total. The summed E-state index contributed by atoms with van der Waals surface area (Å²) in [7, 11) is 1.41. The summed E-state index contributed by atoms with van der Waals surface area (Å²) in [5.41, 5.74) is -0.593. The molecular formula is C13H14F3N3O2. The van der Waals surface area contributed by atoms with Crippen LogP contribution in [0, 0.1) is 17.5 Å². The van der Waals surface area contributed by atoms with E-state index in [-0.39, 0.29) is 13.1 Å². The molecule has 1 saturated heterocycles. The van der Waals surface area contributed by atoms with Crippen LogP contribution in [0.4, 0.5) is 13.2 Å². The molecule has 114 valence electrons. The predicted molar refractivity (Wildman–Crippen MR) is 68.1 cm³/mol. The third-order valence-corrected chi connectivity index (χ3v) is 3.32. The fourth-order valence-corrected chi connectivity index (χ4v) is 2.19. The first kappa shape index (κ1) is 15.3. The van der Waals surface area contributed by atoms with Crippen LogP contribution in [-0.4, -0.2) is 49.4 Å². The lowest BCUT2D eigenvalue weighted by Crippen LogP contribution is -2.59. The van der Waals surface area contributed by atoms with Crippen molar-refractivity contribution in [1.82, 2.24) is 15.5 Å². The van der Waals surface area contributed by atoms with Gasteiger partial charge in [0.1, 0.15) is 6.04 Å². The molecule has 1 aliphatic rings. The lowest BCUT2D eigenvalue weighted by molar-refractivity contribution is -0.125. The molecular weight excluding hydrogens is 287 g/mol. The van der Waals surface area contributed by atoms with Crippen molar-refractivity contribution in [2.45, 2.75) is 6.04 Å². The van der Waals surface area contributed by atoms with Crippen molar-refractivity contribution < 1.29 is 22.8 Å². The number of rotatable bonds is 2. The van der Waals surface area contributed by atoms with Crippen LogP contribution in [0.2, 0.25) is 0 Å². The zero-order valence-electron chi connectivity index (χ0n) is 11.3. The summed E-state index contributed by atoms with van der Waals surface area (Å²) >= 11 is 0. The molecule has 0 saturated carbocycles. The number of benzene rings is 1. The molecule has 1 unspecified atom stereocenters. The number of piperazine rings is 1. The third-order valence-electron chi connectivity index (χ3n) is 3.32. The van der Waals surface area contributed by atoms with Gasteiger partial charge in [-0.25, -0.2) is 13.2 Å². The molecule has 0 bridgehead atoms. The van der Waals surface area contributed by atoms with Crippen LogP contribution in [-0.2, 0) is 4.79 Å². The highest BCUT2D eigenvalue weighted by Crippen LogP contribution is 2.18. The average Bonchev–Trinajstić information content (AvgIpc) is 2.51. The van der Waals surface area contributed by atoms with E-state index in [2.05, 4.69) is 10.6 Å². The summed E-state index contributed by atoms with van der Waals surface area (Å²) in [6, 6.07) is 0.727. The van der Waals surface area contributed by atoms with E-state index in [1.165, 1.54) is 7.05 Å². The zero-order valence-corrected chi connectivity index (χ0v) is 11.3. The SMILES string of the molecule is CNC(=O)C1CNCCN1C(=O)c1ccc(F)c(F)c1F. The second kappa shape index (κ2) is 6.13. The smallest absolute Gasteiger partial charge is 0.257 e. The summed E-state index contributed by atoms with van der Waals surface area (Å²) in [5.74, 6) is -5.88. The van der Waals surface area contributed by atoms with E-state index in [1.54, 1.807) is 0 Å². The standard InChI is InChI=1S/C13H14F3N3O2/c1-17-12(20)9-6-18-4-5-19(9)13(21)7-2-3-8(14)11(16)10(7)15/h2-3,9,18H,4-6H2,1H3,(H,17,20). The van der Waals surface area contributed by atoms with Gasteiger partial charge in [0.25, 0.3) is 5.91 Å². The second-order valence-electron chi connectivity index (χ2n) is 4.56. The maximum absolute atomic E-state index is 13.7. The Balaban J connectivity index is 2.33. The van der Waals surface area contributed by atoms with Crippen molar-refractivity contribution in [2.75, 3.05) is 26.7 Å². The number of carbonyl (C=O) groups excluding carboxylic acids is 2. The van der Waals surface area contributed by atoms with Crippen LogP contribution >= 0.6 is 0 Å². The first-order valence-corrected chi connectivity index (χ1v) is 6.34. The highest BCUT2D eigenvalue weighted by molar-refractivity contribution is 5.98. The van der Waals surface area contributed by atoms with Gasteiger partial charge in [-0.05, 0) is 12.1 Å². The maximum Gasteiger partial charge on any atom is 0.257 e. The van der Waals surface area contributed by atoms with Crippen molar-refractivity contribution >= 4 is 11.8 Å². The highest BCUT2D eigenvalue weighted by Gasteiger charge is 2.33. The van der Waals surface area contributed by atoms with Crippen LogP contribution in [0.3, 0.4) is 0 Å². The van der Waals surface area contributed by atoms with Crippen molar-refractivity contribution in [3.05, 3.63) is 35.1 Å². The second-order valence-corrected chi connectivity index (χ2v) is 4.56. The van der Waals surface area contributed by atoms with Crippen molar-refractivity contribution in [2.24, 2.45) is 0 Å². The van der Waals surface area contributed by atoms with E-state index >= 15 is 0 Å². The molecule has 2 N–H and O–H groups in total. The normalized spacial score (nSPS) is 18.5. The van der Waals surface area contributed by atoms with Crippen LogP contribution in [0.15, 0.2) is 12.1 Å². The molecule has 0 spiro atoms. The molecule has 2 amide bonds. The van der Waals surface area contributed by atoms with Crippen molar-refractivity contribution in [3.63, 3.8) is 0 Å². The van der Waals surface area contributed by atoms with Gasteiger partial charge in [-0.3, -0.25) is 9.59 Å². The molecule has 0 aliphatic carbocycles. The first-order valence-electron chi connectivity index (χ1n) is 6.34. The Hall–Kier alpha value is -2.09. The van der Waals surface area contributed by atoms with Gasteiger partial charge in [-0.1, -0.05) is 0 Å². The van der Waals surface area contributed by atoms with Crippen LogP contribution in [0.1, 0.15) is 10.4 Å². The maximum atomic E-state index is 13.7. The van der Waals surface area contributed by atoms with E-state index in [4.69, 9.17) is 0 Å². The molecule has 2 rings (SSSR count). The molecule has 8 heteroatoms. The number of halogens is 3. The molecule has 1 atom stereocenters. The Kier molecular flexibility index (Phi) is 4.46. The van der Waals surface area contributed by atoms with Crippen molar-refractivity contribution in [1.29, 1.82) is 0 Å². The summed E-state index contributed by atoms with van der Waals surface area (Å²) < 4.78 is 39.8. The average molecular weight is 301 g/mol. The number of hydrogen-bond acceptors (Lipinski definition) is 3. The number of nitrogens with zero attached hydrogens (tertiary/aromatic N) is 1. The number of carbonyl (C=O) groups is 2. The van der Waals surface area contributed by atoms with Crippen LogP contribution < -0.4 is 10.6 Å².